The van der Waals surface area contributed by atoms with Crippen molar-refractivity contribution < 1.29 is 19.2 Å². The highest BCUT2D eigenvalue weighted by Gasteiger charge is 2.37. The molecule has 0 atom stereocenters. The molecule has 2 heterocycles. The van der Waals surface area contributed by atoms with Crippen LogP contribution in [0.15, 0.2) is 47.8 Å². The minimum atomic E-state index is -0.596. The lowest BCUT2D eigenvalue weighted by molar-refractivity contribution is -0.384. The van der Waals surface area contributed by atoms with E-state index in [1.165, 1.54) is 23.5 Å². The average Bonchev–Trinajstić information content (AvgIpc) is 3.26. The third-order valence-electron chi connectivity index (χ3n) is 4.47. The molecule has 2 aromatic carbocycles. The van der Waals surface area contributed by atoms with Crippen LogP contribution in [0.5, 0.6) is 5.75 Å². The molecule has 1 aliphatic rings. The molecule has 4 rings (SSSR count). The Morgan fingerprint density at radius 3 is 2.55 bits per heavy atom. The van der Waals surface area contributed by atoms with Gasteiger partial charge in [-0.25, -0.2) is 4.98 Å². The smallest absolute Gasteiger partial charge is 0.270 e. The van der Waals surface area contributed by atoms with E-state index in [1.54, 1.807) is 5.38 Å². The maximum absolute atomic E-state index is 12.6. The zero-order valence-electron chi connectivity index (χ0n) is 15.3. The molecule has 2 amide bonds. The van der Waals surface area contributed by atoms with E-state index in [0.29, 0.717) is 10.7 Å². The third-order valence-corrected chi connectivity index (χ3v) is 5.34. The minimum absolute atomic E-state index is 0.00117. The Labute approximate surface area is 169 Å². The molecule has 0 fully saturated rings. The van der Waals surface area contributed by atoms with Crippen molar-refractivity contribution in [1.82, 2.24) is 9.88 Å². The summed E-state index contributed by atoms with van der Waals surface area (Å²) in [6, 6.07) is 11.3. The average molecular weight is 409 g/mol. The highest BCUT2D eigenvalue weighted by atomic mass is 32.1. The number of amides is 2. The second-order valence-corrected chi connectivity index (χ2v) is 7.46. The number of fused-ring (bicyclic) bond motifs is 1. The van der Waals surface area contributed by atoms with Crippen molar-refractivity contribution in [3.63, 3.8) is 0 Å². The van der Waals surface area contributed by atoms with E-state index in [4.69, 9.17) is 4.74 Å². The summed E-state index contributed by atoms with van der Waals surface area (Å²) in [5.41, 5.74) is 1.68. The molecule has 29 heavy (non-hydrogen) atoms. The van der Waals surface area contributed by atoms with Crippen LogP contribution in [0.2, 0.25) is 0 Å². The standard InChI is InChI=1S/C20H15N3O5S/c1-12-2-5-15(6-3-12)28-10-18-21-13(11-29-18)9-22-19(24)16-7-4-14(23(26)27)8-17(16)20(22)25/h2-8,11H,9-10H2,1H3. The number of nitro groups is 1. The van der Waals surface area contributed by atoms with Gasteiger partial charge in [-0.05, 0) is 25.1 Å². The number of imide groups is 1. The maximum atomic E-state index is 12.6. The summed E-state index contributed by atoms with van der Waals surface area (Å²) in [5.74, 6) is -0.307. The first-order valence-corrected chi connectivity index (χ1v) is 9.58. The largest absolute Gasteiger partial charge is 0.486 e. The Bertz CT molecular complexity index is 1120. The van der Waals surface area contributed by atoms with Crippen molar-refractivity contribution >= 4 is 28.8 Å². The predicted molar refractivity (Wildman–Crippen MR) is 105 cm³/mol. The van der Waals surface area contributed by atoms with Crippen LogP contribution in [0.25, 0.3) is 0 Å². The van der Waals surface area contributed by atoms with Gasteiger partial charge in [-0.15, -0.1) is 11.3 Å². The van der Waals surface area contributed by atoms with Gasteiger partial charge >= 0.3 is 0 Å². The van der Waals surface area contributed by atoms with Crippen molar-refractivity contribution in [3.05, 3.63) is 85.4 Å². The monoisotopic (exact) mass is 409 g/mol. The van der Waals surface area contributed by atoms with E-state index in [1.807, 2.05) is 31.2 Å². The number of carbonyl (C=O) groups excluding carboxylic acids is 2. The van der Waals surface area contributed by atoms with Crippen LogP contribution < -0.4 is 4.74 Å². The molecule has 3 aromatic rings. The Balaban J connectivity index is 1.44. The summed E-state index contributed by atoms with van der Waals surface area (Å²) in [6.45, 7) is 2.28. The van der Waals surface area contributed by atoms with E-state index in [-0.39, 0.29) is 30.0 Å². The van der Waals surface area contributed by atoms with Gasteiger partial charge in [-0.2, -0.15) is 0 Å². The number of hydrogen-bond acceptors (Lipinski definition) is 7. The van der Waals surface area contributed by atoms with Crippen LogP contribution in [0.1, 0.15) is 37.0 Å². The van der Waals surface area contributed by atoms with Gasteiger partial charge in [-0.3, -0.25) is 24.6 Å². The Hall–Kier alpha value is -3.59. The highest BCUT2D eigenvalue weighted by molar-refractivity contribution is 7.09. The van der Waals surface area contributed by atoms with Crippen LogP contribution in [0.3, 0.4) is 0 Å². The van der Waals surface area contributed by atoms with Crippen LogP contribution in [-0.2, 0) is 13.2 Å². The van der Waals surface area contributed by atoms with Gasteiger partial charge in [-0.1, -0.05) is 17.7 Å². The quantitative estimate of drug-likeness (QED) is 0.349. The normalized spacial score (nSPS) is 12.9. The summed E-state index contributed by atoms with van der Waals surface area (Å²) < 4.78 is 5.70. The van der Waals surface area contributed by atoms with Gasteiger partial charge in [0.05, 0.1) is 28.3 Å². The van der Waals surface area contributed by atoms with Gasteiger partial charge < -0.3 is 4.74 Å². The van der Waals surface area contributed by atoms with E-state index in [0.717, 1.165) is 22.3 Å². The number of hydrogen-bond donors (Lipinski definition) is 0. The van der Waals surface area contributed by atoms with Crippen molar-refractivity contribution in [2.75, 3.05) is 0 Å². The van der Waals surface area contributed by atoms with Crippen LogP contribution in [0.4, 0.5) is 5.69 Å². The van der Waals surface area contributed by atoms with Crippen molar-refractivity contribution in [1.29, 1.82) is 0 Å². The molecule has 0 radical (unpaired) electrons. The molecule has 1 aliphatic heterocycles. The number of ether oxygens (including phenoxy) is 1. The number of nitro benzene ring substituents is 1. The fraction of sp³-hybridized carbons (Fsp3) is 0.150. The van der Waals surface area contributed by atoms with Crippen LogP contribution in [0, 0.1) is 17.0 Å². The number of aromatic nitrogens is 1. The molecule has 146 valence electrons. The fourth-order valence-electron chi connectivity index (χ4n) is 2.97. The number of rotatable bonds is 6. The lowest BCUT2D eigenvalue weighted by Gasteiger charge is -2.11. The fourth-order valence-corrected chi connectivity index (χ4v) is 3.66. The molecular formula is C20H15N3O5S. The topological polar surface area (TPSA) is 103 Å². The first kappa shape index (κ1) is 18.8. The molecule has 0 saturated carbocycles. The number of nitrogens with zero attached hydrogens (tertiary/aromatic N) is 3. The van der Waals surface area contributed by atoms with Gasteiger partial charge in [0.15, 0.2) is 0 Å². The van der Waals surface area contributed by atoms with Crippen LogP contribution >= 0.6 is 11.3 Å². The molecule has 1 aromatic heterocycles. The first-order chi connectivity index (χ1) is 13.9. The summed E-state index contributed by atoms with van der Waals surface area (Å²) in [4.78, 5) is 40.9. The summed E-state index contributed by atoms with van der Waals surface area (Å²) in [7, 11) is 0. The first-order valence-electron chi connectivity index (χ1n) is 8.70. The van der Waals surface area contributed by atoms with E-state index in [9.17, 15) is 19.7 Å². The van der Waals surface area contributed by atoms with Gasteiger partial charge in [0, 0.05) is 17.5 Å². The highest BCUT2D eigenvalue weighted by Crippen LogP contribution is 2.28. The molecular weight excluding hydrogens is 394 g/mol. The summed E-state index contributed by atoms with van der Waals surface area (Å²) >= 11 is 1.37. The second-order valence-electron chi connectivity index (χ2n) is 6.52. The number of non-ortho nitro benzene ring substituents is 1. The lowest BCUT2D eigenvalue weighted by Crippen LogP contribution is -2.29. The zero-order valence-corrected chi connectivity index (χ0v) is 16.1. The maximum Gasteiger partial charge on any atom is 0.270 e. The Kier molecular flexibility index (Phi) is 4.81. The van der Waals surface area contributed by atoms with Gasteiger partial charge in [0.2, 0.25) is 0 Å². The molecule has 0 saturated heterocycles. The second kappa shape index (κ2) is 7.44. The van der Waals surface area contributed by atoms with Crippen LogP contribution in [-0.4, -0.2) is 26.6 Å². The molecule has 0 spiro atoms. The molecule has 9 heteroatoms. The Morgan fingerprint density at radius 1 is 1.10 bits per heavy atom. The van der Waals surface area contributed by atoms with Crippen molar-refractivity contribution in [3.8, 4) is 5.75 Å². The summed E-state index contributed by atoms with van der Waals surface area (Å²) in [6.07, 6.45) is 0. The zero-order chi connectivity index (χ0) is 20.5. The number of carbonyl (C=O) groups is 2. The van der Waals surface area contributed by atoms with Crippen molar-refractivity contribution in [2.24, 2.45) is 0 Å². The summed E-state index contributed by atoms with van der Waals surface area (Å²) in [5, 5.41) is 13.4. The number of thiazole rings is 1. The molecule has 0 aliphatic carbocycles. The number of benzene rings is 2. The number of aryl methyl sites for hydroxylation is 1. The Morgan fingerprint density at radius 2 is 1.83 bits per heavy atom. The van der Waals surface area contributed by atoms with E-state index < -0.39 is 16.7 Å². The SMILES string of the molecule is Cc1ccc(OCc2nc(CN3C(=O)c4ccc([N+](=O)[O-])cc4C3=O)cs2)cc1. The van der Waals surface area contributed by atoms with Crippen molar-refractivity contribution in [2.45, 2.75) is 20.1 Å². The molecule has 0 N–H and O–H groups in total. The molecule has 8 nitrogen and oxygen atoms in total. The minimum Gasteiger partial charge on any atom is -0.486 e. The van der Waals surface area contributed by atoms with Gasteiger partial charge in [0.1, 0.15) is 17.4 Å². The van der Waals surface area contributed by atoms with Gasteiger partial charge in [0.25, 0.3) is 17.5 Å². The van der Waals surface area contributed by atoms with E-state index >= 15 is 0 Å². The predicted octanol–water partition coefficient (Wildman–Crippen LogP) is 3.73. The lowest BCUT2D eigenvalue weighted by atomic mass is 10.1. The van der Waals surface area contributed by atoms with E-state index in [2.05, 4.69) is 4.98 Å². The molecule has 0 unspecified atom stereocenters. The third kappa shape index (κ3) is 3.72. The molecule has 0 bridgehead atoms.